The van der Waals surface area contributed by atoms with Crippen molar-refractivity contribution in [3.05, 3.63) is 29.0 Å². The number of halogens is 1. The lowest BCUT2D eigenvalue weighted by Crippen LogP contribution is -2.13. The number of nitrogens with zero attached hydrogens (tertiary/aromatic N) is 2. The van der Waals surface area contributed by atoms with Gasteiger partial charge in [0.15, 0.2) is 5.82 Å². The van der Waals surface area contributed by atoms with Crippen LogP contribution >= 0.6 is 11.6 Å². The van der Waals surface area contributed by atoms with Crippen LogP contribution in [0.1, 0.15) is 18.7 Å². The van der Waals surface area contributed by atoms with Crippen molar-refractivity contribution < 1.29 is 4.79 Å². The van der Waals surface area contributed by atoms with Gasteiger partial charge in [-0.15, -0.1) is 0 Å². The zero-order valence-electron chi connectivity index (χ0n) is 10.4. The highest BCUT2D eigenvalue weighted by Gasteiger charge is 2.29. The molecule has 0 atom stereocenters. The maximum atomic E-state index is 11.7. The molecular weight excluding hydrogens is 264 g/mol. The number of aromatic nitrogens is 3. The summed E-state index contributed by atoms with van der Waals surface area (Å²) in [6.45, 7) is 1.83. The Morgan fingerprint density at radius 2 is 2.26 bits per heavy atom. The topological polar surface area (TPSA) is 70.7 Å². The SMILES string of the molecule is Cc1nc(-c2ccc(NC(=O)C3CC3)cc2Cl)n[nH]1. The van der Waals surface area contributed by atoms with Gasteiger partial charge >= 0.3 is 0 Å². The third kappa shape index (κ3) is 2.61. The van der Waals surface area contributed by atoms with E-state index in [9.17, 15) is 4.79 Å². The fraction of sp³-hybridized carbons (Fsp3) is 0.308. The Kier molecular flexibility index (Phi) is 2.98. The van der Waals surface area contributed by atoms with Crippen LogP contribution in [0.3, 0.4) is 0 Å². The number of carbonyl (C=O) groups is 1. The quantitative estimate of drug-likeness (QED) is 0.905. The molecule has 1 aliphatic rings. The first-order valence-electron chi connectivity index (χ1n) is 6.13. The molecule has 0 saturated heterocycles. The molecular formula is C13H13ClN4O. The standard InChI is InChI=1S/C13H13ClN4O/c1-7-15-12(18-17-7)10-5-4-9(6-11(10)14)16-13(19)8-2-3-8/h4-6,8H,2-3H2,1H3,(H,16,19)(H,15,17,18). The number of hydrogen-bond donors (Lipinski definition) is 2. The fourth-order valence-electron chi connectivity index (χ4n) is 1.83. The van der Waals surface area contributed by atoms with Crippen molar-refractivity contribution >= 4 is 23.2 Å². The van der Waals surface area contributed by atoms with Crippen LogP contribution in [-0.2, 0) is 4.79 Å². The molecule has 1 heterocycles. The van der Waals surface area contributed by atoms with Crippen molar-refractivity contribution in [2.24, 2.45) is 5.92 Å². The first-order chi connectivity index (χ1) is 9.13. The number of aryl methyl sites for hydroxylation is 1. The van der Waals surface area contributed by atoms with E-state index >= 15 is 0 Å². The van der Waals surface area contributed by atoms with Crippen LogP contribution in [-0.4, -0.2) is 21.1 Å². The van der Waals surface area contributed by atoms with E-state index in [1.807, 2.05) is 19.1 Å². The number of carbonyl (C=O) groups excluding carboxylic acids is 1. The average Bonchev–Trinajstić information content (AvgIpc) is 3.13. The molecule has 1 aromatic heterocycles. The smallest absolute Gasteiger partial charge is 0.227 e. The van der Waals surface area contributed by atoms with E-state index < -0.39 is 0 Å². The van der Waals surface area contributed by atoms with E-state index in [1.165, 1.54) is 0 Å². The van der Waals surface area contributed by atoms with E-state index in [0.29, 0.717) is 16.5 Å². The molecule has 5 nitrogen and oxygen atoms in total. The molecule has 0 radical (unpaired) electrons. The van der Waals surface area contributed by atoms with Crippen LogP contribution in [0, 0.1) is 12.8 Å². The van der Waals surface area contributed by atoms with Gasteiger partial charge in [-0.2, -0.15) is 5.10 Å². The van der Waals surface area contributed by atoms with Crippen LogP contribution in [0.2, 0.25) is 5.02 Å². The molecule has 0 aliphatic heterocycles. The first kappa shape index (κ1) is 12.2. The molecule has 0 unspecified atom stereocenters. The second kappa shape index (κ2) is 4.66. The van der Waals surface area contributed by atoms with Crippen molar-refractivity contribution in [1.29, 1.82) is 0 Å². The summed E-state index contributed by atoms with van der Waals surface area (Å²) in [6, 6.07) is 5.35. The van der Waals surface area contributed by atoms with Gasteiger partial charge in [0.25, 0.3) is 0 Å². The van der Waals surface area contributed by atoms with Gasteiger partial charge in [-0.05, 0) is 38.0 Å². The zero-order valence-corrected chi connectivity index (χ0v) is 11.2. The molecule has 1 saturated carbocycles. The summed E-state index contributed by atoms with van der Waals surface area (Å²) in [5.74, 6) is 1.53. The number of anilines is 1. The molecule has 98 valence electrons. The number of benzene rings is 1. The Morgan fingerprint density at radius 3 is 2.84 bits per heavy atom. The van der Waals surface area contributed by atoms with Gasteiger partial charge in [0.05, 0.1) is 5.02 Å². The largest absolute Gasteiger partial charge is 0.326 e. The van der Waals surface area contributed by atoms with Gasteiger partial charge in [0.1, 0.15) is 5.82 Å². The van der Waals surface area contributed by atoms with Crippen LogP contribution in [0.25, 0.3) is 11.4 Å². The average molecular weight is 277 g/mol. The fourth-order valence-corrected chi connectivity index (χ4v) is 2.09. The minimum Gasteiger partial charge on any atom is -0.326 e. The van der Waals surface area contributed by atoms with Gasteiger partial charge in [-0.3, -0.25) is 9.89 Å². The van der Waals surface area contributed by atoms with Crippen molar-refractivity contribution in [3.63, 3.8) is 0 Å². The minimum atomic E-state index is 0.0672. The summed E-state index contributed by atoms with van der Waals surface area (Å²) >= 11 is 6.21. The summed E-state index contributed by atoms with van der Waals surface area (Å²) in [6.07, 6.45) is 1.96. The van der Waals surface area contributed by atoms with Crippen LogP contribution in [0.4, 0.5) is 5.69 Å². The van der Waals surface area contributed by atoms with Gasteiger partial charge in [-0.1, -0.05) is 11.6 Å². The molecule has 1 fully saturated rings. The lowest BCUT2D eigenvalue weighted by atomic mass is 10.2. The normalized spacial score (nSPS) is 14.4. The predicted molar refractivity (Wildman–Crippen MR) is 72.9 cm³/mol. The Hall–Kier alpha value is -1.88. The summed E-state index contributed by atoms with van der Waals surface area (Å²) in [5, 5.41) is 10.2. The Bertz CT molecular complexity index is 633. The number of H-pyrrole nitrogens is 1. The maximum absolute atomic E-state index is 11.7. The summed E-state index contributed by atoms with van der Waals surface area (Å²) < 4.78 is 0. The Balaban J connectivity index is 1.83. The molecule has 1 amide bonds. The van der Waals surface area contributed by atoms with Gasteiger partial charge in [0.2, 0.25) is 5.91 Å². The summed E-state index contributed by atoms with van der Waals surface area (Å²) in [7, 11) is 0. The van der Waals surface area contributed by atoms with Gasteiger partial charge < -0.3 is 5.32 Å². The molecule has 6 heteroatoms. The van der Waals surface area contributed by atoms with Crippen LogP contribution < -0.4 is 5.32 Å². The zero-order chi connectivity index (χ0) is 13.4. The van der Waals surface area contributed by atoms with Crippen molar-refractivity contribution in [3.8, 4) is 11.4 Å². The van der Waals surface area contributed by atoms with Gasteiger partial charge in [-0.25, -0.2) is 4.98 Å². The number of aromatic amines is 1. The predicted octanol–water partition coefficient (Wildman–Crippen LogP) is 2.78. The van der Waals surface area contributed by atoms with Crippen molar-refractivity contribution in [2.75, 3.05) is 5.32 Å². The number of rotatable bonds is 3. The molecule has 1 aliphatic carbocycles. The van der Waals surface area contributed by atoms with Crippen molar-refractivity contribution in [2.45, 2.75) is 19.8 Å². The minimum absolute atomic E-state index is 0.0672. The number of amides is 1. The molecule has 2 N–H and O–H groups in total. The monoisotopic (exact) mass is 276 g/mol. The Morgan fingerprint density at radius 1 is 1.47 bits per heavy atom. The van der Waals surface area contributed by atoms with Crippen LogP contribution in [0.15, 0.2) is 18.2 Å². The second-order valence-corrected chi connectivity index (χ2v) is 5.11. The highest BCUT2D eigenvalue weighted by molar-refractivity contribution is 6.33. The Labute approximate surface area is 115 Å². The highest BCUT2D eigenvalue weighted by Crippen LogP contribution is 2.32. The number of nitrogens with one attached hydrogen (secondary N) is 2. The summed E-state index contributed by atoms with van der Waals surface area (Å²) in [4.78, 5) is 15.9. The van der Waals surface area contributed by atoms with E-state index in [4.69, 9.17) is 11.6 Å². The van der Waals surface area contributed by atoms with E-state index in [0.717, 1.165) is 24.2 Å². The van der Waals surface area contributed by atoms with Crippen molar-refractivity contribution in [1.82, 2.24) is 15.2 Å². The summed E-state index contributed by atoms with van der Waals surface area (Å²) in [5.41, 5.74) is 1.45. The highest BCUT2D eigenvalue weighted by atomic mass is 35.5. The van der Waals surface area contributed by atoms with E-state index in [2.05, 4.69) is 20.5 Å². The molecule has 19 heavy (non-hydrogen) atoms. The van der Waals surface area contributed by atoms with Gasteiger partial charge in [0, 0.05) is 17.2 Å². The first-order valence-corrected chi connectivity index (χ1v) is 6.51. The molecule has 0 bridgehead atoms. The molecule has 0 spiro atoms. The van der Waals surface area contributed by atoms with Crippen LogP contribution in [0.5, 0.6) is 0 Å². The molecule has 1 aromatic carbocycles. The van der Waals surface area contributed by atoms with E-state index in [1.54, 1.807) is 6.07 Å². The maximum Gasteiger partial charge on any atom is 0.227 e. The second-order valence-electron chi connectivity index (χ2n) is 4.70. The third-order valence-corrected chi connectivity index (χ3v) is 3.34. The molecule has 3 rings (SSSR count). The lowest BCUT2D eigenvalue weighted by molar-refractivity contribution is -0.117. The molecule has 2 aromatic rings. The third-order valence-electron chi connectivity index (χ3n) is 3.02. The number of hydrogen-bond acceptors (Lipinski definition) is 3. The lowest BCUT2D eigenvalue weighted by Gasteiger charge is -2.06. The van der Waals surface area contributed by atoms with E-state index in [-0.39, 0.29) is 11.8 Å².